The van der Waals surface area contributed by atoms with Gasteiger partial charge in [0.1, 0.15) is 7.11 Å². The van der Waals surface area contributed by atoms with Gasteiger partial charge in [0, 0.05) is 41.4 Å². The molecule has 1 N–H and O–H groups in total. The Labute approximate surface area is 204 Å². The Kier molecular flexibility index (Phi) is 5.85. The number of rotatable bonds is 5. The summed E-state index contributed by atoms with van der Waals surface area (Å²) < 4.78 is 1.08. The standard InChI is InChI=1S/C24H19Cl2N5O3/c1-34-31-20(33)12-11-16-22(21-17(25)4-2-5-18(21)26)28-24(29-23(16)31)27-14-7-9-15(10-8-14)30-13-3-6-19(30)32/h2,4-5,7-12H,3,6,13H2,1H3,(H,27,28,29). The predicted octanol–water partition coefficient (Wildman–Crippen LogP) is 4.69. The minimum Gasteiger partial charge on any atom is -0.412 e. The third-order valence-electron chi connectivity index (χ3n) is 5.60. The van der Waals surface area contributed by atoms with Crippen molar-refractivity contribution >= 4 is 57.5 Å². The molecule has 1 aliphatic rings. The minimum atomic E-state index is -0.379. The summed E-state index contributed by atoms with van der Waals surface area (Å²) in [6, 6.07) is 15.6. The third kappa shape index (κ3) is 3.95. The van der Waals surface area contributed by atoms with Crippen LogP contribution in [0.5, 0.6) is 0 Å². The molecule has 8 nitrogen and oxygen atoms in total. The van der Waals surface area contributed by atoms with E-state index in [-0.39, 0.29) is 23.1 Å². The van der Waals surface area contributed by atoms with E-state index >= 15 is 0 Å². The van der Waals surface area contributed by atoms with E-state index in [2.05, 4.69) is 15.3 Å². The third-order valence-corrected chi connectivity index (χ3v) is 6.23. The van der Waals surface area contributed by atoms with E-state index in [1.54, 1.807) is 29.2 Å². The maximum Gasteiger partial charge on any atom is 0.285 e. The molecule has 34 heavy (non-hydrogen) atoms. The zero-order valence-corrected chi connectivity index (χ0v) is 19.6. The van der Waals surface area contributed by atoms with Gasteiger partial charge >= 0.3 is 0 Å². The quantitative estimate of drug-likeness (QED) is 0.431. The summed E-state index contributed by atoms with van der Waals surface area (Å²) in [6.07, 6.45) is 1.43. The zero-order chi connectivity index (χ0) is 23.8. The first-order chi connectivity index (χ1) is 16.5. The van der Waals surface area contributed by atoms with E-state index in [1.807, 2.05) is 24.3 Å². The molecule has 1 saturated heterocycles. The molecule has 0 unspecified atom stereocenters. The van der Waals surface area contributed by atoms with E-state index in [1.165, 1.54) is 13.2 Å². The molecule has 2 aromatic carbocycles. The molecule has 1 fully saturated rings. The van der Waals surface area contributed by atoms with Gasteiger partial charge in [0.15, 0.2) is 5.65 Å². The summed E-state index contributed by atoms with van der Waals surface area (Å²) in [4.78, 5) is 40.6. The van der Waals surface area contributed by atoms with Crippen LogP contribution in [0, 0.1) is 0 Å². The van der Waals surface area contributed by atoms with E-state index in [9.17, 15) is 9.59 Å². The fourth-order valence-corrected chi connectivity index (χ4v) is 4.59. The Bertz CT molecular complexity index is 1450. The summed E-state index contributed by atoms with van der Waals surface area (Å²) in [6.45, 7) is 0.718. The van der Waals surface area contributed by atoms with Gasteiger partial charge in [0.05, 0.1) is 15.7 Å². The SMILES string of the molecule is COn1c(=O)ccc2c(-c3c(Cl)cccc3Cl)nc(Nc3ccc(N4CCCC4=O)cc3)nc21. The molecule has 0 spiro atoms. The van der Waals surface area contributed by atoms with Crippen molar-refractivity contribution in [3.8, 4) is 11.3 Å². The van der Waals surface area contributed by atoms with E-state index in [4.69, 9.17) is 28.0 Å². The van der Waals surface area contributed by atoms with Crippen LogP contribution in [-0.2, 0) is 4.79 Å². The molecule has 0 bridgehead atoms. The van der Waals surface area contributed by atoms with Crippen molar-refractivity contribution in [3.05, 3.63) is 75.0 Å². The van der Waals surface area contributed by atoms with Crippen LogP contribution in [0.4, 0.5) is 17.3 Å². The summed E-state index contributed by atoms with van der Waals surface area (Å²) in [5.74, 6) is 0.345. The first-order valence-electron chi connectivity index (χ1n) is 10.6. The molecule has 0 saturated carbocycles. The van der Waals surface area contributed by atoms with Gasteiger partial charge in [0.2, 0.25) is 11.9 Å². The molecule has 0 aliphatic carbocycles. The van der Waals surface area contributed by atoms with E-state index in [0.29, 0.717) is 38.8 Å². The zero-order valence-electron chi connectivity index (χ0n) is 18.1. The predicted molar refractivity (Wildman–Crippen MR) is 133 cm³/mol. The van der Waals surface area contributed by atoms with Crippen molar-refractivity contribution in [2.45, 2.75) is 12.8 Å². The lowest BCUT2D eigenvalue weighted by molar-refractivity contribution is -0.117. The van der Waals surface area contributed by atoms with Crippen LogP contribution >= 0.6 is 23.2 Å². The summed E-state index contributed by atoms with van der Waals surface area (Å²) in [5.41, 5.74) is 2.39. The van der Waals surface area contributed by atoms with Gasteiger partial charge in [0.25, 0.3) is 5.56 Å². The minimum absolute atomic E-state index is 0.123. The second-order valence-electron chi connectivity index (χ2n) is 7.70. The number of hydrogen-bond donors (Lipinski definition) is 1. The van der Waals surface area contributed by atoms with Gasteiger partial charge in [-0.1, -0.05) is 29.3 Å². The smallest absolute Gasteiger partial charge is 0.285 e. The Balaban J connectivity index is 1.61. The normalized spacial score (nSPS) is 13.5. The topological polar surface area (TPSA) is 89.4 Å². The van der Waals surface area contributed by atoms with Crippen LogP contribution in [0.3, 0.4) is 0 Å². The van der Waals surface area contributed by atoms with Crippen LogP contribution in [0.15, 0.2) is 59.4 Å². The second-order valence-corrected chi connectivity index (χ2v) is 8.51. The molecule has 0 radical (unpaired) electrons. The fraction of sp³-hybridized carbons (Fsp3) is 0.167. The molecule has 4 aromatic rings. The number of nitrogens with zero attached hydrogens (tertiary/aromatic N) is 4. The number of nitrogens with one attached hydrogen (secondary N) is 1. The number of halogens is 2. The van der Waals surface area contributed by atoms with Gasteiger partial charge in [-0.2, -0.15) is 4.98 Å². The summed E-state index contributed by atoms with van der Waals surface area (Å²) >= 11 is 13.0. The molecule has 3 heterocycles. The Morgan fingerprint density at radius 1 is 0.971 bits per heavy atom. The summed E-state index contributed by atoms with van der Waals surface area (Å²) in [5, 5.41) is 4.53. The number of benzene rings is 2. The van der Waals surface area contributed by atoms with E-state index in [0.717, 1.165) is 23.4 Å². The second kappa shape index (κ2) is 8.96. The van der Waals surface area contributed by atoms with Crippen molar-refractivity contribution in [3.63, 3.8) is 0 Å². The Morgan fingerprint density at radius 2 is 1.71 bits per heavy atom. The maximum atomic E-state index is 12.4. The molecular weight excluding hydrogens is 477 g/mol. The molecule has 0 atom stereocenters. The maximum absolute atomic E-state index is 12.4. The number of carbonyl (C=O) groups is 1. The van der Waals surface area contributed by atoms with Crippen LogP contribution < -0.4 is 20.6 Å². The average Bonchev–Trinajstić information content (AvgIpc) is 3.25. The van der Waals surface area contributed by atoms with Crippen molar-refractivity contribution in [2.24, 2.45) is 0 Å². The van der Waals surface area contributed by atoms with Crippen LogP contribution in [0.2, 0.25) is 10.0 Å². The fourth-order valence-electron chi connectivity index (χ4n) is 4.01. The highest BCUT2D eigenvalue weighted by Gasteiger charge is 2.22. The van der Waals surface area contributed by atoms with Crippen molar-refractivity contribution in [1.82, 2.24) is 14.7 Å². The summed E-state index contributed by atoms with van der Waals surface area (Å²) in [7, 11) is 1.39. The number of pyridine rings is 1. The first-order valence-corrected chi connectivity index (χ1v) is 11.3. The van der Waals surface area contributed by atoms with Gasteiger partial charge in [-0.15, -0.1) is 4.73 Å². The van der Waals surface area contributed by atoms with Crippen LogP contribution in [0.1, 0.15) is 12.8 Å². The van der Waals surface area contributed by atoms with Gasteiger partial charge in [-0.05, 0) is 48.9 Å². The lowest BCUT2D eigenvalue weighted by atomic mass is 10.1. The largest absolute Gasteiger partial charge is 0.412 e. The highest BCUT2D eigenvalue weighted by atomic mass is 35.5. The van der Waals surface area contributed by atoms with Crippen LogP contribution in [-0.4, -0.2) is 34.3 Å². The monoisotopic (exact) mass is 495 g/mol. The number of aromatic nitrogens is 3. The molecule has 2 aromatic heterocycles. The molecular formula is C24H19Cl2N5O3. The Morgan fingerprint density at radius 3 is 2.35 bits per heavy atom. The molecule has 10 heteroatoms. The molecule has 172 valence electrons. The molecule has 5 rings (SSSR count). The molecule has 1 amide bonds. The number of amides is 1. The molecule has 1 aliphatic heterocycles. The lowest BCUT2D eigenvalue weighted by Crippen LogP contribution is -2.25. The number of fused-ring (bicyclic) bond motifs is 1. The highest BCUT2D eigenvalue weighted by Crippen LogP contribution is 2.37. The Hall–Kier alpha value is -3.62. The van der Waals surface area contributed by atoms with Crippen molar-refractivity contribution in [1.29, 1.82) is 0 Å². The van der Waals surface area contributed by atoms with Gasteiger partial charge in [-0.25, -0.2) is 4.98 Å². The van der Waals surface area contributed by atoms with Gasteiger partial charge in [-0.3, -0.25) is 9.59 Å². The first kappa shape index (κ1) is 22.2. The lowest BCUT2D eigenvalue weighted by Gasteiger charge is -2.17. The highest BCUT2D eigenvalue weighted by molar-refractivity contribution is 6.39. The van der Waals surface area contributed by atoms with Crippen molar-refractivity contribution in [2.75, 3.05) is 23.9 Å². The van der Waals surface area contributed by atoms with Crippen LogP contribution in [0.25, 0.3) is 22.3 Å². The number of hydrogen-bond acceptors (Lipinski definition) is 6. The van der Waals surface area contributed by atoms with Gasteiger partial charge < -0.3 is 15.1 Å². The number of carbonyl (C=O) groups excluding carboxylic acids is 1. The van der Waals surface area contributed by atoms with Crippen molar-refractivity contribution < 1.29 is 9.63 Å². The average molecular weight is 496 g/mol. The number of anilines is 3. The van der Waals surface area contributed by atoms with E-state index < -0.39 is 0 Å².